The molecule has 1 aromatic heterocycles. The van der Waals surface area contributed by atoms with E-state index in [1.54, 1.807) is 0 Å². The van der Waals surface area contributed by atoms with Crippen LogP contribution < -0.4 is 5.32 Å². The largest absolute Gasteiger partial charge is 0.356 e. The Labute approximate surface area is 138 Å². The van der Waals surface area contributed by atoms with Crippen LogP contribution in [0.4, 0.5) is 4.39 Å². The highest BCUT2D eigenvalue weighted by atomic mass is 19.1. The number of hydrogen-bond donors (Lipinski definition) is 2. The topological polar surface area (TPSA) is 62.0 Å². The Hall–Kier alpha value is -3.21. The van der Waals surface area contributed by atoms with E-state index in [1.807, 2.05) is 30.3 Å². The van der Waals surface area contributed by atoms with Crippen LogP contribution in [0.3, 0.4) is 0 Å². The van der Waals surface area contributed by atoms with Crippen molar-refractivity contribution in [2.75, 3.05) is 0 Å². The summed E-state index contributed by atoms with van der Waals surface area (Å²) in [5, 5.41) is 2.78. The van der Waals surface area contributed by atoms with Crippen LogP contribution in [0, 0.1) is 5.82 Å². The molecule has 5 heteroatoms. The molecule has 0 radical (unpaired) electrons. The highest BCUT2D eigenvalue weighted by Crippen LogP contribution is 2.12. The number of nitrogens with one attached hydrogen (secondary N) is 2. The summed E-state index contributed by atoms with van der Waals surface area (Å²) in [6.45, 7) is 0.403. The number of hydrogen-bond acceptors (Lipinski definition) is 2. The summed E-state index contributed by atoms with van der Waals surface area (Å²) < 4.78 is 12.9. The molecule has 3 aromatic rings. The van der Waals surface area contributed by atoms with Crippen LogP contribution in [0.25, 0.3) is 0 Å². The van der Waals surface area contributed by atoms with Gasteiger partial charge in [0.15, 0.2) is 5.78 Å². The summed E-state index contributed by atoms with van der Waals surface area (Å²) in [5.74, 6) is -0.966. The van der Waals surface area contributed by atoms with Crippen LogP contribution in [-0.2, 0) is 6.54 Å². The molecule has 0 aliphatic heterocycles. The van der Waals surface area contributed by atoms with E-state index in [-0.39, 0.29) is 11.7 Å². The lowest BCUT2D eigenvalue weighted by Crippen LogP contribution is -2.23. The Morgan fingerprint density at radius 1 is 0.958 bits per heavy atom. The molecular weight excluding hydrogens is 307 g/mol. The third-order valence-electron chi connectivity index (χ3n) is 3.59. The molecule has 0 aliphatic rings. The lowest BCUT2D eigenvalue weighted by atomic mass is 10.1. The first-order chi connectivity index (χ1) is 11.6. The minimum Gasteiger partial charge on any atom is -0.356 e. The third-order valence-corrected chi connectivity index (χ3v) is 3.59. The van der Waals surface area contributed by atoms with Gasteiger partial charge in [-0.2, -0.15) is 0 Å². The van der Waals surface area contributed by atoms with Gasteiger partial charge in [-0.1, -0.05) is 30.3 Å². The molecule has 3 rings (SSSR count). The predicted octanol–water partition coefficient (Wildman–Crippen LogP) is 3.31. The van der Waals surface area contributed by atoms with Gasteiger partial charge in [0.1, 0.15) is 11.5 Å². The van der Waals surface area contributed by atoms with Gasteiger partial charge in [0.25, 0.3) is 5.91 Å². The summed E-state index contributed by atoms with van der Waals surface area (Å²) >= 11 is 0. The van der Waals surface area contributed by atoms with Crippen LogP contribution in [0.5, 0.6) is 0 Å². The summed E-state index contributed by atoms with van der Waals surface area (Å²) in [6, 6.07) is 16.3. The van der Waals surface area contributed by atoms with Crippen LogP contribution >= 0.6 is 0 Å². The molecule has 1 heterocycles. The Bertz CT molecular complexity index is 855. The fraction of sp³-hybridized carbons (Fsp3) is 0.0526. The first kappa shape index (κ1) is 15.7. The first-order valence-electron chi connectivity index (χ1n) is 7.44. The van der Waals surface area contributed by atoms with Crippen LogP contribution in [-0.4, -0.2) is 16.7 Å². The van der Waals surface area contributed by atoms with Gasteiger partial charge in [-0.3, -0.25) is 9.59 Å². The lowest BCUT2D eigenvalue weighted by molar-refractivity contribution is 0.0946. The van der Waals surface area contributed by atoms with Gasteiger partial charge < -0.3 is 10.3 Å². The molecule has 0 fully saturated rings. The number of rotatable bonds is 5. The van der Waals surface area contributed by atoms with E-state index >= 15 is 0 Å². The highest BCUT2D eigenvalue weighted by molar-refractivity contribution is 6.10. The molecule has 0 unspecified atom stereocenters. The number of halogens is 1. The van der Waals surface area contributed by atoms with Crippen molar-refractivity contribution >= 4 is 11.7 Å². The van der Waals surface area contributed by atoms with Gasteiger partial charge in [0.05, 0.1) is 0 Å². The summed E-state index contributed by atoms with van der Waals surface area (Å²) in [7, 11) is 0. The Kier molecular flexibility index (Phi) is 4.52. The molecule has 0 saturated carbocycles. The van der Waals surface area contributed by atoms with Crippen molar-refractivity contribution in [3.05, 3.63) is 95.1 Å². The maximum absolute atomic E-state index is 12.9. The molecule has 120 valence electrons. The zero-order chi connectivity index (χ0) is 16.9. The average molecular weight is 322 g/mol. The number of benzene rings is 2. The van der Waals surface area contributed by atoms with E-state index in [0.29, 0.717) is 23.4 Å². The number of carbonyl (C=O) groups is 2. The zero-order valence-electron chi connectivity index (χ0n) is 12.8. The second-order valence-electron chi connectivity index (χ2n) is 5.31. The van der Waals surface area contributed by atoms with Crippen LogP contribution in [0.2, 0.25) is 0 Å². The monoisotopic (exact) mass is 322 g/mol. The van der Waals surface area contributed by atoms with Gasteiger partial charge in [-0.05, 0) is 35.9 Å². The van der Waals surface area contributed by atoms with Gasteiger partial charge >= 0.3 is 0 Å². The third kappa shape index (κ3) is 3.57. The maximum atomic E-state index is 12.9. The van der Waals surface area contributed by atoms with Crippen molar-refractivity contribution < 1.29 is 14.0 Å². The number of aromatic amines is 1. The molecule has 0 bridgehead atoms. The van der Waals surface area contributed by atoms with Crippen molar-refractivity contribution in [3.63, 3.8) is 0 Å². The molecule has 0 spiro atoms. The normalized spacial score (nSPS) is 10.4. The SMILES string of the molecule is O=C(c1ccc(F)cc1)c1c[nH]c(C(=O)NCc2ccccc2)c1. The second kappa shape index (κ2) is 6.91. The van der Waals surface area contributed by atoms with Crippen LogP contribution in [0.1, 0.15) is 32.0 Å². The molecule has 1 amide bonds. The zero-order valence-corrected chi connectivity index (χ0v) is 12.8. The Morgan fingerprint density at radius 2 is 1.67 bits per heavy atom. The molecule has 2 N–H and O–H groups in total. The van der Waals surface area contributed by atoms with E-state index in [1.165, 1.54) is 36.5 Å². The van der Waals surface area contributed by atoms with Crippen molar-refractivity contribution in [2.24, 2.45) is 0 Å². The number of aromatic nitrogens is 1. The smallest absolute Gasteiger partial charge is 0.267 e. The van der Waals surface area contributed by atoms with E-state index in [0.717, 1.165) is 5.56 Å². The average Bonchev–Trinajstić information content (AvgIpc) is 3.11. The summed E-state index contributed by atoms with van der Waals surface area (Å²) in [6.07, 6.45) is 1.48. The quantitative estimate of drug-likeness (QED) is 0.708. The van der Waals surface area contributed by atoms with Crippen molar-refractivity contribution in [1.29, 1.82) is 0 Å². The molecule has 0 aliphatic carbocycles. The van der Waals surface area contributed by atoms with Gasteiger partial charge in [0, 0.05) is 23.9 Å². The van der Waals surface area contributed by atoms with Gasteiger partial charge in [-0.15, -0.1) is 0 Å². The van der Waals surface area contributed by atoms with E-state index in [2.05, 4.69) is 10.3 Å². The van der Waals surface area contributed by atoms with E-state index < -0.39 is 5.82 Å². The lowest BCUT2D eigenvalue weighted by Gasteiger charge is -2.03. The van der Waals surface area contributed by atoms with Crippen LogP contribution in [0.15, 0.2) is 66.9 Å². The Balaban J connectivity index is 1.67. The fourth-order valence-corrected chi connectivity index (χ4v) is 2.30. The number of H-pyrrole nitrogens is 1. The fourth-order valence-electron chi connectivity index (χ4n) is 2.30. The first-order valence-corrected chi connectivity index (χ1v) is 7.44. The Morgan fingerprint density at radius 3 is 2.38 bits per heavy atom. The number of ketones is 1. The summed E-state index contributed by atoms with van der Waals surface area (Å²) in [5.41, 5.74) is 2.01. The van der Waals surface area contributed by atoms with E-state index in [4.69, 9.17) is 0 Å². The molecular formula is C19H15FN2O2. The predicted molar refractivity (Wildman–Crippen MR) is 88.2 cm³/mol. The molecule has 0 atom stereocenters. The molecule has 2 aromatic carbocycles. The van der Waals surface area contributed by atoms with Crippen molar-refractivity contribution in [3.8, 4) is 0 Å². The van der Waals surface area contributed by atoms with Gasteiger partial charge in [-0.25, -0.2) is 4.39 Å². The highest BCUT2D eigenvalue weighted by Gasteiger charge is 2.14. The minimum absolute atomic E-state index is 0.270. The number of amides is 1. The number of carbonyl (C=O) groups excluding carboxylic acids is 2. The summed E-state index contributed by atoms with van der Waals surface area (Å²) in [4.78, 5) is 27.2. The van der Waals surface area contributed by atoms with E-state index in [9.17, 15) is 14.0 Å². The minimum atomic E-state index is -0.401. The molecule has 24 heavy (non-hydrogen) atoms. The standard InChI is InChI=1S/C19H15FN2O2/c20-16-8-6-14(7-9-16)18(23)15-10-17(21-12-15)19(24)22-11-13-4-2-1-3-5-13/h1-10,12,21H,11H2,(H,22,24). The second-order valence-corrected chi connectivity index (χ2v) is 5.31. The maximum Gasteiger partial charge on any atom is 0.267 e. The van der Waals surface area contributed by atoms with Gasteiger partial charge in [0.2, 0.25) is 0 Å². The molecule has 4 nitrogen and oxygen atoms in total. The van der Waals surface area contributed by atoms with Crippen molar-refractivity contribution in [1.82, 2.24) is 10.3 Å². The molecule has 0 saturated heterocycles. The van der Waals surface area contributed by atoms with Crippen molar-refractivity contribution in [2.45, 2.75) is 6.54 Å².